The van der Waals surface area contributed by atoms with Crippen LogP contribution in [0.1, 0.15) is 17.7 Å². The smallest absolute Gasteiger partial charge is 0.309 e. The predicted molar refractivity (Wildman–Crippen MR) is 92.8 cm³/mol. The number of sulfone groups is 1. The SMILES string of the molecule is COC(=O)Cc1ccc(Nc2nc(Cl)nc3c2S(=O)(=O)CCC3)c(F)c1. The van der Waals surface area contributed by atoms with Crippen LogP contribution < -0.4 is 5.32 Å². The van der Waals surface area contributed by atoms with Crippen molar-refractivity contribution in [2.45, 2.75) is 24.2 Å². The van der Waals surface area contributed by atoms with E-state index in [-0.39, 0.29) is 33.9 Å². The van der Waals surface area contributed by atoms with Crippen LogP contribution in [-0.4, -0.2) is 37.2 Å². The molecule has 0 radical (unpaired) electrons. The molecule has 1 aromatic carbocycles. The van der Waals surface area contributed by atoms with E-state index >= 15 is 0 Å². The predicted octanol–water partition coefficient (Wildman–Crippen LogP) is 2.45. The number of anilines is 2. The highest BCUT2D eigenvalue weighted by Gasteiger charge is 2.30. The summed E-state index contributed by atoms with van der Waals surface area (Å²) in [6, 6.07) is 4.10. The van der Waals surface area contributed by atoms with E-state index in [4.69, 9.17) is 11.6 Å². The summed E-state index contributed by atoms with van der Waals surface area (Å²) >= 11 is 5.88. The van der Waals surface area contributed by atoms with Gasteiger partial charge in [-0.2, -0.15) is 4.98 Å². The number of benzene rings is 1. The van der Waals surface area contributed by atoms with Gasteiger partial charge in [-0.05, 0) is 42.1 Å². The standard InChI is InChI=1S/C16H15ClFN3O4S/c1-25-13(22)8-9-4-5-11(10(18)7-9)19-15-14-12(20-16(17)21-15)3-2-6-26(14,23)24/h4-5,7H,2-3,6,8H2,1H3,(H,19,20,21). The number of halogens is 2. The van der Waals surface area contributed by atoms with Crippen LogP contribution in [0.2, 0.25) is 5.28 Å². The average Bonchev–Trinajstić information content (AvgIpc) is 2.56. The Bertz CT molecular complexity index is 982. The van der Waals surface area contributed by atoms with Gasteiger partial charge in [0.2, 0.25) is 5.28 Å². The Labute approximate surface area is 154 Å². The summed E-state index contributed by atoms with van der Waals surface area (Å²) in [6.45, 7) is 0. The molecule has 10 heteroatoms. The number of aromatic nitrogens is 2. The van der Waals surface area contributed by atoms with Crippen LogP contribution in [0.25, 0.3) is 0 Å². The minimum atomic E-state index is -3.58. The molecule has 1 aromatic heterocycles. The number of hydrogen-bond acceptors (Lipinski definition) is 7. The molecule has 0 unspecified atom stereocenters. The summed E-state index contributed by atoms with van der Waals surface area (Å²) in [5.41, 5.74) is 0.757. The Kier molecular flexibility index (Phi) is 5.10. The molecular formula is C16H15ClFN3O4S. The highest BCUT2D eigenvalue weighted by atomic mass is 35.5. The normalized spacial score (nSPS) is 15.2. The number of aryl methyl sites for hydroxylation is 1. The first-order valence-corrected chi connectivity index (χ1v) is 9.74. The van der Waals surface area contributed by atoms with Gasteiger partial charge in [0, 0.05) is 0 Å². The topological polar surface area (TPSA) is 98.2 Å². The first kappa shape index (κ1) is 18.5. The number of fused-ring (bicyclic) bond motifs is 1. The molecule has 0 amide bonds. The average molecular weight is 400 g/mol. The summed E-state index contributed by atoms with van der Waals surface area (Å²) in [6.07, 6.45) is 0.821. The first-order chi connectivity index (χ1) is 12.3. The minimum Gasteiger partial charge on any atom is -0.469 e. The fourth-order valence-electron chi connectivity index (χ4n) is 2.72. The summed E-state index contributed by atoms with van der Waals surface area (Å²) in [5.74, 6) is -1.24. The number of ether oxygens (including phenoxy) is 1. The number of methoxy groups -OCH3 is 1. The minimum absolute atomic E-state index is 0.0105. The lowest BCUT2D eigenvalue weighted by Crippen LogP contribution is -2.20. The number of nitrogens with one attached hydrogen (secondary N) is 1. The highest BCUT2D eigenvalue weighted by Crippen LogP contribution is 2.33. The number of esters is 1. The lowest BCUT2D eigenvalue weighted by atomic mass is 10.1. The Morgan fingerprint density at radius 2 is 2.15 bits per heavy atom. The van der Waals surface area contributed by atoms with Gasteiger partial charge in [0.25, 0.3) is 0 Å². The third-order valence-corrected chi connectivity index (χ3v) is 5.95. The summed E-state index contributed by atoms with van der Waals surface area (Å²) in [5, 5.41) is 2.57. The third-order valence-electron chi connectivity index (χ3n) is 3.91. The van der Waals surface area contributed by atoms with Crippen molar-refractivity contribution >= 4 is 38.9 Å². The number of carbonyl (C=O) groups is 1. The van der Waals surface area contributed by atoms with E-state index in [9.17, 15) is 17.6 Å². The van der Waals surface area contributed by atoms with Crippen molar-refractivity contribution in [1.29, 1.82) is 0 Å². The van der Waals surface area contributed by atoms with E-state index in [1.807, 2.05) is 0 Å². The fourth-order valence-corrected chi connectivity index (χ4v) is 4.53. The quantitative estimate of drug-likeness (QED) is 0.622. The van der Waals surface area contributed by atoms with Crippen LogP contribution in [0.5, 0.6) is 0 Å². The molecule has 2 heterocycles. The molecule has 0 atom stereocenters. The van der Waals surface area contributed by atoms with E-state index in [1.54, 1.807) is 0 Å². The van der Waals surface area contributed by atoms with Crippen molar-refractivity contribution in [2.24, 2.45) is 0 Å². The first-order valence-electron chi connectivity index (χ1n) is 7.71. The van der Waals surface area contributed by atoms with E-state index in [2.05, 4.69) is 20.0 Å². The molecule has 2 aromatic rings. The van der Waals surface area contributed by atoms with Crippen LogP contribution in [0, 0.1) is 5.82 Å². The van der Waals surface area contributed by atoms with E-state index in [0.29, 0.717) is 24.1 Å². The van der Waals surface area contributed by atoms with Gasteiger partial charge in [-0.1, -0.05) is 6.07 Å². The molecule has 0 fully saturated rings. The van der Waals surface area contributed by atoms with Crippen molar-refractivity contribution in [2.75, 3.05) is 18.2 Å². The van der Waals surface area contributed by atoms with Crippen LogP contribution in [0.4, 0.5) is 15.9 Å². The second-order valence-electron chi connectivity index (χ2n) is 5.73. The number of carbonyl (C=O) groups excluding carboxylic acids is 1. The van der Waals surface area contributed by atoms with Gasteiger partial charge >= 0.3 is 5.97 Å². The maximum Gasteiger partial charge on any atom is 0.309 e. The molecule has 1 aliphatic rings. The highest BCUT2D eigenvalue weighted by molar-refractivity contribution is 7.91. The number of nitrogens with zero attached hydrogens (tertiary/aromatic N) is 2. The van der Waals surface area contributed by atoms with Gasteiger partial charge in [-0.25, -0.2) is 17.8 Å². The van der Waals surface area contributed by atoms with Gasteiger partial charge in [0.05, 0.1) is 30.7 Å². The molecule has 26 heavy (non-hydrogen) atoms. The van der Waals surface area contributed by atoms with Gasteiger partial charge in [-0.3, -0.25) is 4.79 Å². The Hall–Kier alpha value is -2.26. The fraction of sp³-hybridized carbons (Fsp3) is 0.312. The molecule has 138 valence electrons. The Morgan fingerprint density at radius 1 is 1.38 bits per heavy atom. The summed E-state index contributed by atoms with van der Waals surface area (Å²) < 4.78 is 43.7. The molecule has 1 N–H and O–H groups in total. The van der Waals surface area contributed by atoms with E-state index in [0.717, 1.165) is 0 Å². The zero-order valence-corrected chi connectivity index (χ0v) is 15.3. The molecule has 1 aliphatic heterocycles. The maximum absolute atomic E-state index is 14.4. The monoisotopic (exact) mass is 399 g/mol. The van der Waals surface area contributed by atoms with Gasteiger partial charge in [-0.15, -0.1) is 0 Å². The molecule has 0 saturated carbocycles. The van der Waals surface area contributed by atoms with Crippen molar-refractivity contribution in [3.05, 3.63) is 40.6 Å². The number of hydrogen-bond donors (Lipinski definition) is 1. The molecular weight excluding hydrogens is 385 g/mol. The molecule has 0 saturated heterocycles. The van der Waals surface area contributed by atoms with Gasteiger partial charge < -0.3 is 10.1 Å². The van der Waals surface area contributed by atoms with E-state index < -0.39 is 21.6 Å². The molecule has 7 nitrogen and oxygen atoms in total. The van der Waals surface area contributed by atoms with Crippen molar-refractivity contribution in [1.82, 2.24) is 9.97 Å². The zero-order valence-electron chi connectivity index (χ0n) is 13.8. The maximum atomic E-state index is 14.4. The van der Waals surface area contributed by atoms with Gasteiger partial charge in [0.15, 0.2) is 15.7 Å². The van der Waals surface area contributed by atoms with Crippen LogP contribution in [-0.2, 0) is 32.2 Å². The van der Waals surface area contributed by atoms with Crippen molar-refractivity contribution < 1.29 is 22.3 Å². The number of rotatable bonds is 4. The molecule has 0 aliphatic carbocycles. The molecule has 0 spiro atoms. The lowest BCUT2D eigenvalue weighted by molar-refractivity contribution is -0.139. The third kappa shape index (κ3) is 3.78. The van der Waals surface area contributed by atoms with E-state index in [1.165, 1.54) is 25.3 Å². The lowest BCUT2D eigenvalue weighted by Gasteiger charge is -2.19. The molecule has 3 rings (SSSR count). The Morgan fingerprint density at radius 3 is 2.85 bits per heavy atom. The second-order valence-corrected chi connectivity index (χ2v) is 8.12. The van der Waals surface area contributed by atoms with Crippen molar-refractivity contribution in [3.8, 4) is 0 Å². The van der Waals surface area contributed by atoms with Gasteiger partial charge in [0.1, 0.15) is 10.7 Å². The van der Waals surface area contributed by atoms with Crippen molar-refractivity contribution in [3.63, 3.8) is 0 Å². The second kappa shape index (κ2) is 7.16. The largest absolute Gasteiger partial charge is 0.469 e. The summed E-state index contributed by atoms with van der Waals surface area (Å²) in [7, 11) is -2.33. The van der Waals surface area contributed by atoms with Crippen LogP contribution in [0.15, 0.2) is 23.1 Å². The zero-order chi connectivity index (χ0) is 18.9. The van der Waals surface area contributed by atoms with Crippen LogP contribution in [0.3, 0.4) is 0 Å². The Balaban J connectivity index is 1.97. The summed E-state index contributed by atoms with van der Waals surface area (Å²) in [4.78, 5) is 19.1. The molecule has 0 bridgehead atoms. The van der Waals surface area contributed by atoms with Crippen LogP contribution >= 0.6 is 11.6 Å².